The molecule has 1 N–H and O–H groups in total. The van der Waals surface area contributed by atoms with Gasteiger partial charge in [-0.3, -0.25) is 5.43 Å². The first-order chi connectivity index (χ1) is 12.0. The van der Waals surface area contributed by atoms with E-state index in [1.54, 1.807) is 20.3 Å². The van der Waals surface area contributed by atoms with Crippen molar-refractivity contribution in [2.45, 2.75) is 24.3 Å². The summed E-state index contributed by atoms with van der Waals surface area (Å²) in [5, 5.41) is 5.56. The largest absolute Gasteiger partial charge is 0.481 e. The molecule has 0 fully saturated rings. The number of anilines is 1. The molecule has 8 heteroatoms. The van der Waals surface area contributed by atoms with Gasteiger partial charge in [-0.05, 0) is 18.1 Å². The molecule has 1 aromatic heterocycles. The molecule has 1 unspecified atom stereocenters. The van der Waals surface area contributed by atoms with Crippen LogP contribution in [0.15, 0.2) is 40.6 Å². The van der Waals surface area contributed by atoms with Crippen LogP contribution in [0, 0.1) is 5.92 Å². The van der Waals surface area contributed by atoms with E-state index >= 15 is 0 Å². The molecule has 0 amide bonds. The van der Waals surface area contributed by atoms with Crippen molar-refractivity contribution in [1.82, 2.24) is 9.97 Å². The fraction of sp³-hybridized carbons (Fsp3) is 0.353. The van der Waals surface area contributed by atoms with Crippen molar-refractivity contribution in [2.24, 2.45) is 11.0 Å². The number of hydrogen-bond acceptors (Lipinski definition) is 7. The maximum absolute atomic E-state index is 6.11. The average molecular weight is 381 g/mol. The number of para-hydroxylation sites is 1. The van der Waals surface area contributed by atoms with E-state index in [4.69, 9.17) is 21.1 Å². The lowest BCUT2D eigenvalue weighted by atomic mass is 10.1. The second kappa shape index (κ2) is 9.48. The second-order valence-electron chi connectivity index (χ2n) is 5.43. The first kappa shape index (κ1) is 19.3. The fourth-order valence-corrected chi connectivity index (χ4v) is 2.94. The molecule has 0 saturated carbocycles. The van der Waals surface area contributed by atoms with Crippen LogP contribution >= 0.6 is 23.4 Å². The molecular weight excluding hydrogens is 360 g/mol. The molecule has 0 bridgehead atoms. The second-order valence-corrected chi connectivity index (χ2v) is 6.98. The third-order valence-corrected chi connectivity index (χ3v) is 4.92. The SMILES string of the molecule is COc1cc(OC)nc(SC(C=NNc2ccccc2Cl)C(C)C)n1. The highest BCUT2D eigenvalue weighted by atomic mass is 35.5. The van der Waals surface area contributed by atoms with Gasteiger partial charge in [0.05, 0.1) is 36.2 Å². The molecule has 2 rings (SSSR count). The molecule has 0 radical (unpaired) electrons. The maximum atomic E-state index is 6.11. The van der Waals surface area contributed by atoms with Crippen LogP contribution in [0.1, 0.15) is 13.8 Å². The van der Waals surface area contributed by atoms with Gasteiger partial charge >= 0.3 is 0 Å². The van der Waals surface area contributed by atoms with E-state index in [-0.39, 0.29) is 5.25 Å². The van der Waals surface area contributed by atoms with Crippen molar-refractivity contribution in [3.05, 3.63) is 35.4 Å². The monoisotopic (exact) mass is 380 g/mol. The minimum absolute atomic E-state index is 0.0619. The van der Waals surface area contributed by atoms with Crippen molar-refractivity contribution in [3.8, 4) is 11.8 Å². The summed E-state index contributed by atoms with van der Waals surface area (Å²) in [6, 6.07) is 9.09. The number of hydrazone groups is 1. The molecule has 0 aliphatic carbocycles. The summed E-state index contributed by atoms with van der Waals surface area (Å²) >= 11 is 7.60. The topological polar surface area (TPSA) is 68.6 Å². The van der Waals surface area contributed by atoms with Gasteiger partial charge in [-0.25, -0.2) is 0 Å². The summed E-state index contributed by atoms with van der Waals surface area (Å²) in [6.07, 6.45) is 1.83. The standard InChI is InChI=1S/C17H21ClN4O2S/c1-11(2)14(10-19-22-13-8-6-5-7-12(13)18)25-17-20-15(23-3)9-16(21-17)24-4/h5-11,14,22H,1-4H3. The predicted octanol–water partition coefficient (Wildman–Crippen LogP) is 4.36. The Bertz CT molecular complexity index is 705. The Kier molecular flexibility index (Phi) is 7.33. The Labute approximate surface area is 157 Å². The van der Waals surface area contributed by atoms with Gasteiger partial charge in [0.25, 0.3) is 0 Å². The number of halogens is 1. The Balaban J connectivity index is 2.11. The molecule has 134 valence electrons. The Hall–Kier alpha value is -1.99. The number of thioether (sulfide) groups is 1. The van der Waals surface area contributed by atoms with Crippen LogP contribution in [0.2, 0.25) is 5.02 Å². The van der Waals surface area contributed by atoms with Gasteiger partial charge < -0.3 is 9.47 Å². The summed E-state index contributed by atoms with van der Waals surface area (Å²) in [6.45, 7) is 4.22. The number of hydrogen-bond donors (Lipinski definition) is 1. The smallest absolute Gasteiger partial charge is 0.220 e. The maximum Gasteiger partial charge on any atom is 0.220 e. The molecule has 0 saturated heterocycles. The van der Waals surface area contributed by atoms with Crippen molar-refractivity contribution in [2.75, 3.05) is 19.6 Å². The van der Waals surface area contributed by atoms with E-state index in [1.807, 2.05) is 30.5 Å². The van der Waals surface area contributed by atoms with Crippen LogP contribution in [0.25, 0.3) is 0 Å². The van der Waals surface area contributed by atoms with E-state index in [1.165, 1.54) is 11.8 Å². The lowest BCUT2D eigenvalue weighted by Gasteiger charge is -2.15. The summed E-state index contributed by atoms with van der Waals surface area (Å²) in [4.78, 5) is 8.70. The molecule has 25 heavy (non-hydrogen) atoms. The van der Waals surface area contributed by atoms with E-state index < -0.39 is 0 Å². The predicted molar refractivity (Wildman–Crippen MR) is 103 cm³/mol. The molecule has 1 heterocycles. The van der Waals surface area contributed by atoms with Crippen LogP contribution in [0.5, 0.6) is 11.8 Å². The Morgan fingerprint density at radius 1 is 1.16 bits per heavy atom. The highest BCUT2D eigenvalue weighted by Crippen LogP contribution is 2.28. The molecule has 2 aromatic rings. The quantitative estimate of drug-likeness (QED) is 0.317. The fourth-order valence-electron chi connectivity index (χ4n) is 1.84. The lowest BCUT2D eigenvalue weighted by molar-refractivity contribution is 0.364. The molecule has 1 aromatic carbocycles. The van der Waals surface area contributed by atoms with Crippen molar-refractivity contribution >= 4 is 35.3 Å². The minimum Gasteiger partial charge on any atom is -0.481 e. The zero-order chi connectivity index (χ0) is 18.2. The van der Waals surface area contributed by atoms with Crippen LogP contribution in [0.4, 0.5) is 5.69 Å². The van der Waals surface area contributed by atoms with Crippen LogP contribution in [0.3, 0.4) is 0 Å². The average Bonchev–Trinajstić information content (AvgIpc) is 2.61. The van der Waals surface area contributed by atoms with Gasteiger partial charge in [-0.1, -0.05) is 49.3 Å². The summed E-state index contributed by atoms with van der Waals surface area (Å²) < 4.78 is 10.4. The van der Waals surface area contributed by atoms with E-state index in [0.717, 1.165) is 5.69 Å². The van der Waals surface area contributed by atoms with E-state index in [9.17, 15) is 0 Å². The van der Waals surface area contributed by atoms with Crippen LogP contribution < -0.4 is 14.9 Å². The zero-order valence-electron chi connectivity index (χ0n) is 14.6. The lowest BCUT2D eigenvalue weighted by Crippen LogP contribution is -2.14. The molecule has 0 aliphatic heterocycles. The number of benzene rings is 1. The molecule has 0 spiro atoms. The number of methoxy groups -OCH3 is 2. The number of aromatic nitrogens is 2. The highest BCUT2D eigenvalue weighted by Gasteiger charge is 2.16. The number of nitrogens with one attached hydrogen (secondary N) is 1. The summed E-state index contributed by atoms with van der Waals surface area (Å²) in [5.74, 6) is 1.24. The summed E-state index contributed by atoms with van der Waals surface area (Å²) in [5.41, 5.74) is 3.72. The van der Waals surface area contributed by atoms with Gasteiger partial charge in [-0.15, -0.1) is 0 Å². The number of ether oxygens (including phenoxy) is 2. The van der Waals surface area contributed by atoms with E-state index in [0.29, 0.717) is 27.9 Å². The Morgan fingerprint density at radius 3 is 2.36 bits per heavy atom. The summed E-state index contributed by atoms with van der Waals surface area (Å²) in [7, 11) is 3.12. The molecule has 1 atom stereocenters. The third-order valence-electron chi connectivity index (χ3n) is 3.26. The molecule has 0 aliphatic rings. The zero-order valence-corrected chi connectivity index (χ0v) is 16.1. The van der Waals surface area contributed by atoms with Crippen LogP contribution in [-0.4, -0.2) is 35.7 Å². The van der Waals surface area contributed by atoms with Gasteiger partial charge in [0, 0.05) is 6.21 Å². The van der Waals surface area contributed by atoms with Crippen molar-refractivity contribution in [3.63, 3.8) is 0 Å². The van der Waals surface area contributed by atoms with Gasteiger partial charge in [-0.2, -0.15) is 15.1 Å². The number of nitrogens with zero attached hydrogens (tertiary/aromatic N) is 3. The molecule has 6 nitrogen and oxygen atoms in total. The van der Waals surface area contributed by atoms with Gasteiger partial charge in [0.15, 0.2) is 5.16 Å². The molecular formula is C17H21ClN4O2S. The third kappa shape index (κ3) is 5.79. The van der Waals surface area contributed by atoms with Crippen LogP contribution in [-0.2, 0) is 0 Å². The Morgan fingerprint density at radius 2 is 1.80 bits per heavy atom. The highest BCUT2D eigenvalue weighted by molar-refractivity contribution is 8.00. The van der Waals surface area contributed by atoms with Crippen molar-refractivity contribution < 1.29 is 9.47 Å². The van der Waals surface area contributed by atoms with Gasteiger partial charge in [0.1, 0.15) is 0 Å². The van der Waals surface area contributed by atoms with Crippen molar-refractivity contribution in [1.29, 1.82) is 0 Å². The minimum atomic E-state index is 0.0619. The first-order valence-corrected chi connectivity index (χ1v) is 8.96. The normalized spacial score (nSPS) is 12.4. The van der Waals surface area contributed by atoms with E-state index in [2.05, 4.69) is 34.3 Å². The number of rotatable bonds is 8. The first-order valence-electron chi connectivity index (χ1n) is 7.71. The van der Waals surface area contributed by atoms with Gasteiger partial charge in [0.2, 0.25) is 11.8 Å².